The zero-order valence-corrected chi connectivity index (χ0v) is 15.7. The van der Waals surface area contributed by atoms with E-state index in [2.05, 4.69) is 34.1 Å². The minimum atomic E-state index is -2.84. The van der Waals surface area contributed by atoms with Gasteiger partial charge >= 0.3 is 12.6 Å². The van der Waals surface area contributed by atoms with E-state index in [1.165, 1.54) is 12.1 Å². The molecule has 0 aliphatic carbocycles. The monoisotopic (exact) mass is 369 g/mol. The number of halogens is 2. The predicted molar refractivity (Wildman–Crippen MR) is 97.5 cm³/mol. The summed E-state index contributed by atoms with van der Waals surface area (Å²) >= 11 is 0. The van der Waals surface area contributed by atoms with Gasteiger partial charge in [-0.3, -0.25) is 0 Å². The van der Waals surface area contributed by atoms with Crippen LogP contribution in [0.3, 0.4) is 0 Å². The number of likely N-dealkylation sites (tertiary alicyclic amines) is 1. The Kier molecular flexibility index (Phi) is 7.63. The zero-order chi connectivity index (χ0) is 19.1. The van der Waals surface area contributed by atoms with Crippen LogP contribution in [0.25, 0.3) is 0 Å². The number of benzene rings is 1. The Hall–Kier alpha value is -1.89. The van der Waals surface area contributed by atoms with Crippen LogP contribution in [-0.2, 0) is 0 Å². The molecule has 0 aromatic heterocycles. The van der Waals surface area contributed by atoms with Gasteiger partial charge in [0.15, 0.2) is 0 Å². The molecule has 0 spiro atoms. The molecule has 0 radical (unpaired) electrons. The van der Waals surface area contributed by atoms with Crippen molar-refractivity contribution in [3.05, 3.63) is 29.8 Å². The summed E-state index contributed by atoms with van der Waals surface area (Å²) in [4.78, 5) is 14.6. The number of hydrogen-bond acceptors (Lipinski definition) is 3. The highest BCUT2D eigenvalue weighted by Crippen LogP contribution is 2.19. The molecule has 5 nitrogen and oxygen atoms in total. The lowest BCUT2D eigenvalue weighted by Gasteiger charge is -2.33. The van der Waals surface area contributed by atoms with Gasteiger partial charge in [-0.2, -0.15) is 8.78 Å². The quantitative estimate of drug-likeness (QED) is 0.769. The molecule has 1 fully saturated rings. The Morgan fingerprint density at radius 3 is 2.35 bits per heavy atom. The largest absolute Gasteiger partial charge is 0.435 e. The van der Waals surface area contributed by atoms with E-state index in [0.717, 1.165) is 38.0 Å². The first kappa shape index (κ1) is 20.4. The zero-order valence-electron chi connectivity index (χ0n) is 15.7. The van der Waals surface area contributed by atoms with Crippen LogP contribution in [0, 0.1) is 5.92 Å². The summed E-state index contributed by atoms with van der Waals surface area (Å²) in [5, 5.41) is 5.92. The number of rotatable bonds is 7. The van der Waals surface area contributed by atoms with E-state index in [0.29, 0.717) is 5.92 Å². The van der Waals surface area contributed by atoms with Gasteiger partial charge in [-0.25, -0.2) is 4.79 Å². The summed E-state index contributed by atoms with van der Waals surface area (Å²) < 4.78 is 28.7. The van der Waals surface area contributed by atoms with Crippen molar-refractivity contribution in [2.45, 2.75) is 52.3 Å². The third-order valence-corrected chi connectivity index (χ3v) is 4.50. The minimum absolute atomic E-state index is 0.105. The number of carbonyl (C=O) groups excluding carboxylic acids is 1. The van der Waals surface area contributed by atoms with Gasteiger partial charge in [-0.15, -0.1) is 0 Å². The molecule has 7 heteroatoms. The Bertz CT molecular complexity index is 558. The predicted octanol–water partition coefficient (Wildman–Crippen LogP) is 3.77. The lowest BCUT2D eigenvalue weighted by molar-refractivity contribution is -0.0498. The van der Waals surface area contributed by atoms with Crippen LogP contribution in [-0.4, -0.2) is 43.2 Å². The third kappa shape index (κ3) is 6.78. The molecule has 1 heterocycles. The standard InChI is InChI=1S/C19H29F2N3O2/c1-13(2)12-24-10-8-16(9-11-24)23-19(25)22-14(3)15-4-6-17(7-5-15)26-18(20)21/h4-7,13-14,16,18H,8-12H2,1-3H3,(H2,22,23,25)/t14-/m1/s1. The maximum Gasteiger partial charge on any atom is 0.387 e. The average Bonchev–Trinajstić information content (AvgIpc) is 2.56. The molecule has 1 aliphatic rings. The van der Waals surface area contributed by atoms with Crippen LogP contribution < -0.4 is 15.4 Å². The lowest BCUT2D eigenvalue weighted by Crippen LogP contribution is -2.48. The number of carbonyl (C=O) groups is 1. The van der Waals surface area contributed by atoms with Gasteiger partial charge in [0, 0.05) is 25.7 Å². The first-order valence-electron chi connectivity index (χ1n) is 9.17. The van der Waals surface area contributed by atoms with Gasteiger partial charge in [0.25, 0.3) is 0 Å². The summed E-state index contributed by atoms with van der Waals surface area (Å²) in [5.41, 5.74) is 0.827. The molecule has 1 aromatic rings. The van der Waals surface area contributed by atoms with E-state index in [1.807, 2.05) is 6.92 Å². The Morgan fingerprint density at radius 2 is 1.81 bits per heavy atom. The maximum atomic E-state index is 12.2. The van der Waals surface area contributed by atoms with Crippen LogP contribution in [0.15, 0.2) is 24.3 Å². The van der Waals surface area contributed by atoms with Crippen LogP contribution in [0.1, 0.15) is 45.2 Å². The van der Waals surface area contributed by atoms with Crippen LogP contribution in [0.4, 0.5) is 13.6 Å². The SMILES string of the molecule is CC(C)CN1CCC(NC(=O)N[C@H](C)c2ccc(OC(F)F)cc2)CC1. The van der Waals surface area contributed by atoms with Crippen molar-refractivity contribution in [2.24, 2.45) is 5.92 Å². The number of piperidine rings is 1. The van der Waals surface area contributed by atoms with Crippen molar-refractivity contribution in [2.75, 3.05) is 19.6 Å². The van der Waals surface area contributed by atoms with E-state index in [9.17, 15) is 13.6 Å². The Balaban J connectivity index is 1.75. The van der Waals surface area contributed by atoms with E-state index >= 15 is 0 Å². The number of urea groups is 1. The molecule has 1 aliphatic heterocycles. The third-order valence-electron chi connectivity index (χ3n) is 4.50. The molecule has 146 valence electrons. The van der Waals surface area contributed by atoms with E-state index in [-0.39, 0.29) is 23.9 Å². The molecule has 2 rings (SSSR count). The number of nitrogens with zero attached hydrogens (tertiary/aromatic N) is 1. The highest BCUT2D eigenvalue weighted by Gasteiger charge is 2.21. The summed E-state index contributed by atoms with van der Waals surface area (Å²) in [6.45, 7) is 6.55. The molecule has 2 amide bonds. The Labute approximate surface area is 154 Å². The topological polar surface area (TPSA) is 53.6 Å². The van der Waals surface area contributed by atoms with Gasteiger partial charge in [0.1, 0.15) is 5.75 Å². The van der Waals surface area contributed by atoms with Crippen LogP contribution in [0.5, 0.6) is 5.75 Å². The Morgan fingerprint density at radius 1 is 1.19 bits per heavy atom. The van der Waals surface area contributed by atoms with Crippen molar-refractivity contribution < 1.29 is 18.3 Å². The normalized spacial score (nSPS) is 17.3. The number of amides is 2. The van der Waals surface area contributed by atoms with Crippen LogP contribution in [0.2, 0.25) is 0 Å². The fourth-order valence-corrected chi connectivity index (χ4v) is 3.22. The van der Waals surface area contributed by atoms with Crippen molar-refractivity contribution in [3.63, 3.8) is 0 Å². The van der Waals surface area contributed by atoms with Crippen molar-refractivity contribution in [3.8, 4) is 5.75 Å². The highest BCUT2D eigenvalue weighted by atomic mass is 19.3. The maximum absolute atomic E-state index is 12.2. The van der Waals surface area contributed by atoms with Gasteiger partial charge in [0.2, 0.25) is 0 Å². The molecule has 1 atom stereocenters. The highest BCUT2D eigenvalue weighted by molar-refractivity contribution is 5.74. The number of ether oxygens (including phenoxy) is 1. The summed E-state index contributed by atoms with van der Waals surface area (Å²) in [7, 11) is 0. The number of alkyl halides is 2. The molecular formula is C19H29F2N3O2. The second kappa shape index (κ2) is 9.71. The lowest BCUT2D eigenvalue weighted by atomic mass is 10.0. The summed E-state index contributed by atoms with van der Waals surface area (Å²) in [6, 6.07) is 6.06. The average molecular weight is 369 g/mol. The molecule has 1 aromatic carbocycles. The van der Waals surface area contributed by atoms with Gasteiger partial charge < -0.3 is 20.3 Å². The molecule has 1 saturated heterocycles. The molecule has 0 saturated carbocycles. The fourth-order valence-electron chi connectivity index (χ4n) is 3.22. The molecule has 0 unspecified atom stereocenters. The van der Waals surface area contributed by atoms with Crippen molar-refractivity contribution in [1.82, 2.24) is 15.5 Å². The molecule has 26 heavy (non-hydrogen) atoms. The van der Waals surface area contributed by atoms with Gasteiger partial charge in [-0.05, 0) is 43.4 Å². The van der Waals surface area contributed by atoms with Crippen molar-refractivity contribution in [1.29, 1.82) is 0 Å². The second-order valence-corrected chi connectivity index (χ2v) is 7.26. The first-order valence-corrected chi connectivity index (χ1v) is 9.17. The van der Waals surface area contributed by atoms with Gasteiger partial charge in [-0.1, -0.05) is 26.0 Å². The first-order chi connectivity index (χ1) is 12.3. The number of hydrogen-bond donors (Lipinski definition) is 2. The van der Waals surface area contributed by atoms with E-state index < -0.39 is 6.61 Å². The molecule has 0 bridgehead atoms. The summed E-state index contributed by atoms with van der Waals surface area (Å²) in [5.74, 6) is 0.759. The molecule has 2 N–H and O–H groups in total. The molecular weight excluding hydrogens is 340 g/mol. The van der Waals surface area contributed by atoms with Crippen molar-refractivity contribution >= 4 is 6.03 Å². The number of nitrogens with one attached hydrogen (secondary N) is 2. The van der Waals surface area contributed by atoms with E-state index in [4.69, 9.17) is 0 Å². The summed E-state index contributed by atoms with van der Waals surface area (Å²) in [6.07, 6.45) is 1.91. The van der Waals surface area contributed by atoms with E-state index in [1.54, 1.807) is 12.1 Å². The van der Waals surface area contributed by atoms with Gasteiger partial charge in [0.05, 0.1) is 6.04 Å². The smallest absolute Gasteiger partial charge is 0.387 e. The second-order valence-electron chi connectivity index (χ2n) is 7.26. The minimum Gasteiger partial charge on any atom is -0.435 e. The van der Waals surface area contributed by atoms with Crippen LogP contribution >= 0.6 is 0 Å². The fraction of sp³-hybridized carbons (Fsp3) is 0.632.